The maximum absolute atomic E-state index is 13.7. The molecule has 2 fully saturated rings. The summed E-state index contributed by atoms with van der Waals surface area (Å²) in [6, 6.07) is 6.70. The van der Waals surface area contributed by atoms with E-state index in [9.17, 15) is 4.39 Å². The van der Waals surface area contributed by atoms with Crippen molar-refractivity contribution < 1.29 is 9.13 Å². The smallest absolute Gasteiger partial charge is 0.322 e. The minimum Gasteiger partial charge on any atom is -0.424 e. The number of piperidine rings is 1. The first kappa shape index (κ1) is 20.9. The Bertz CT molecular complexity index is 1090. The fraction of sp³-hybridized carbons (Fsp3) is 0.455. The van der Waals surface area contributed by atoms with Crippen LogP contribution in [0.1, 0.15) is 25.5 Å². The van der Waals surface area contributed by atoms with Crippen LogP contribution >= 0.6 is 11.6 Å². The van der Waals surface area contributed by atoms with Crippen LogP contribution in [0.5, 0.6) is 11.8 Å². The Morgan fingerprint density at radius 3 is 2.62 bits per heavy atom. The minimum absolute atomic E-state index is 0.267. The van der Waals surface area contributed by atoms with Gasteiger partial charge in [-0.3, -0.25) is 0 Å². The third-order valence-corrected chi connectivity index (χ3v) is 6.44. The predicted octanol–water partition coefficient (Wildman–Crippen LogP) is 4.31. The Morgan fingerprint density at radius 1 is 1.16 bits per heavy atom. The summed E-state index contributed by atoms with van der Waals surface area (Å²) < 4.78 is 21.1. The quantitative estimate of drug-likeness (QED) is 0.590. The maximum atomic E-state index is 13.7. The van der Waals surface area contributed by atoms with Crippen molar-refractivity contribution in [2.45, 2.75) is 39.3 Å². The van der Waals surface area contributed by atoms with Crippen molar-refractivity contribution in [2.24, 2.45) is 11.8 Å². The molecule has 0 unspecified atom stereocenters. The van der Waals surface area contributed by atoms with E-state index in [1.807, 2.05) is 19.9 Å². The Hall–Kier alpha value is -2.94. The molecule has 168 valence electrons. The van der Waals surface area contributed by atoms with Gasteiger partial charge in [-0.05, 0) is 50.7 Å². The minimum atomic E-state index is -0.462. The first-order chi connectivity index (χ1) is 15.5. The van der Waals surface area contributed by atoms with Crippen LogP contribution in [0.25, 0.3) is 0 Å². The van der Waals surface area contributed by atoms with Crippen LogP contribution in [0, 0.1) is 24.6 Å². The van der Waals surface area contributed by atoms with Crippen LogP contribution < -0.4 is 15.0 Å². The monoisotopic (exact) mass is 457 g/mol. The normalized spacial score (nSPS) is 22.2. The molecule has 1 saturated carbocycles. The van der Waals surface area contributed by atoms with Crippen LogP contribution in [0.2, 0.25) is 5.02 Å². The summed E-state index contributed by atoms with van der Waals surface area (Å²) in [5.41, 5.74) is 0.976. The standard InChI is InChI=1S/C22H25ClFN7O/c1-3-31-22(32-18-8-16(23)7-17(24)9-18)28-21(29-31)27-20-14-4-5-15(20)11-30(10-14)19-6-13(2)25-12-26-19/h6-9,12,14-15,20H,3-5,10-11H2,1-2H3,(H,27,29)/t14-,15+,20-. The number of aromatic nitrogens is 5. The zero-order valence-electron chi connectivity index (χ0n) is 18.0. The second-order valence-corrected chi connectivity index (χ2v) is 8.87. The van der Waals surface area contributed by atoms with Crippen molar-refractivity contribution in [3.63, 3.8) is 0 Å². The van der Waals surface area contributed by atoms with Crippen molar-refractivity contribution in [1.82, 2.24) is 24.7 Å². The van der Waals surface area contributed by atoms with Crippen LogP contribution in [-0.2, 0) is 6.54 Å². The molecule has 32 heavy (non-hydrogen) atoms. The van der Waals surface area contributed by atoms with E-state index in [-0.39, 0.29) is 10.8 Å². The molecule has 1 N–H and O–H groups in total. The van der Waals surface area contributed by atoms with E-state index in [1.54, 1.807) is 17.1 Å². The number of nitrogens with zero attached hydrogens (tertiary/aromatic N) is 6. The second-order valence-electron chi connectivity index (χ2n) is 8.43. The predicted molar refractivity (Wildman–Crippen MR) is 120 cm³/mol. The zero-order valence-corrected chi connectivity index (χ0v) is 18.8. The summed E-state index contributed by atoms with van der Waals surface area (Å²) in [6.07, 6.45) is 3.94. The van der Waals surface area contributed by atoms with Gasteiger partial charge in [0.05, 0.1) is 0 Å². The molecule has 2 aliphatic rings. The van der Waals surface area contributed by atoms with E-state index in [4.69, 9.17) is 16.3 Å². The van der Waals surface area contributed by atoms with E-state index in [0.717, 1.165) is 37.4 Å². The highest BCUT2D eigenvalue weighted by Crippen LogP contribution is 2.39. The number of hydrogen-bond acceptors (Lipinski definition) is 7. The zero-order chi connectivity index (χ0) is 22.2. The number of ether oxygens (including phenoxy) is 1. The number of aryl methyl sites for hydroxylation is 2. The Labute approximate surface area is 190 Å². The lowest BCUT2D eigenvalue weighted by Gasteiger charge is -2.38. The number of hydrogen-bond donors (Lipinski definition) is 1. The molecule has 3 heterocycles. The summed E-state index contributed by atoms with van der Waals surface area (Å²) in [5.74, 6) is 2.30. The summed E-state index contributed by atoms with van der Waals surface area (Å²) in [6.45, 7) is 6.39. The van der Waals surface area contributed by atoms with Crippen LogP contribution in [0.4, 0.5) is 16.2 Å². The first-order valence-electron chi connectivity index (χ1n) is 10.9. The molecular formula is C22H25ClFN7O. The van der Waals surface area contributed by atoms with Gasteiger partial charge in [-0.1, -0.05) is 11.6 Å². The highest BCUT2D eigenvalue weighted by atomic mass is 35.5. The van der Waals surface area contributed by atoms with E-state index < -0.39 is 5.82 Å². The summed E-state index contributed by atoms with van der Waals surface area (Å²) in [5, 5.41) is 8.37. The third-order valence-electron chi connectivity index (χ3n) is 6.23. The van der Waals surface area contributed by atoms with Gasteiger partial charge in [-0.2, -0.15) is 4.98 Å². The van der Waals surface area contributed by atoms with Gasteiger partial charge in [-0.25, -0.2) is 19.0 Å². The molecule has 1 saturated heterocycles. The molecule has 2 bridgehead atoms. The maximum Gasteiger partial charge on any atom is 0.322 e. The summed E-state index contributed by atoms with van der Waals surface area (Å²) in [4.78, 5) is 15.6. The van der Waals surface area contributed by atoms with E-state index >= 15 is 0 Å². The van der Waals surface area contributed by atoms with Gasteiger partial charge in [0.1, 0.15) is 23.7 Å². The fourth-order valence-corrected chi connectivity index (χ4v) is 4.98. The Kier molecular flexibility index (Phi) is 5.58. The topological polar surface area (TPSA) is 81.0 Å². The lowest BCUT2D eigenvalue weighted by atomic mass is 9.92. The number of anilines is 2. The Morgan fingerprint density at radius 2 is 1.94 bits per heavy atom. The average Bonchev–Trinajstić information content (AvgIpc) is 3.22. The van der Waals surface area contributed by atoms with E-state index in [2.05, 4.69) is 30.3 Å². The highest BCUT2D eigenvalue weighted by molar-refractivity contribution is 6.30. The summed E-state index contributed by atoms with van der Waals surface area (Å²) >= 11 is 5.94. The van der Waals surface area contributed by atoms with E-state index in [1.165, 1.54) is 12.1 Å². The molecule has 10 heteroatoms. The van der Waals surface area contributed by atoms with Gasteiger partial charge in [0, 0.05) is 48.5 Å². The fourth-order valence-electron chi connectivity index (χ4n) is 4.77. The van der Waals surface area contributed by atoms with Crippen LogP contribution in [0.15, 0.2) is 30.6 Å². The van der Waals surface area contributed by atoms with Gasteiger partial charge in [-0.15, -0.1) is 5.10 Å². The van der Waals surface area contributed by atoms with Gasteiger partial charge in [0.15, 0.2) is 0 Å². The average molecular weight is 458 g/mol. The number of rotatable bonds is 6. The summed E-state index contributed by atoms with van der Waals surface area (Å²) in [7, 11) is 0. The molecule has 3 atom stereocenters. The number of halogens is 2. The molecule has 8 nitrogen and oxygen atoms in total. The lowest BCUT2D eigenvalue weighted by Crippen LogP contribution is -2.48. The van der Waals surface area contributed by atoms with Crippen LogP contribution in [0.3, 0.4) is 0 Å². The van der Waals surface area contributed by atoms with Crippen molar-refractivity contribution in [3.8, 4) is 11.8 Å². The molecule has 5 rings (SSSR count). The molecule has 3 aromatic rings. The van der Waals surface area contributed by atoms with Gasteiger partial charge < -0.3 is 15.0 Å². The van der Waals surface area contributed by atoms with Crippen molar-refractivity contribution in [1.29, 1.82) is 0 Å². The second kappa shape index (κ2) is 8.54. The largest absolute Gasteiger partial charge is 0.424 e. The molecule has 0 spiro atoms. The van der Waals surface area contributed by atoms with Gasteiger partial charge >= 0.3 is 6.01 Å². The molecule has 1 aliphatic heterocycles. The van der Waals surface area contributed by atoms with Crippen molar-refractivity contribution in [3.05, 3.63) is 47.1 Å². The van der Waals surface area contributed by atoms with Crippen molar-refractivity contribution >= 4 is 23.4 Å². The molecule has 1 aliphatic carbocycles. The lowest BCUT2D eigenvalue weighted by molar-refractivity contribution is 0.374. The number of nitrogens with one attached hydrogen (secondary N) is 1. The van der Waals surface area contributed by atoms with Gasteiger partial charge in [0.25, 0.3) is 0 Å². The SMILES string of the molecule is CCn1nc(N[C@@H]2[C@@H]3CC[C@H]2CN(c2cc(C)ncn2)C3)nc1Oc1cc(F)cc(Cl)c1. The third kappa shape index (κ3) is 4.21. The van der Waals surface area contributed by atoms with Crippen LogP contribution in [-0.4, -0.2) is 43.9 Å². The molecule has 0 amide bonds. The number of benzene rings is 1. The van der Waals surface area contributed by atoms with E-state index in [0.29, 0.717) is 36.4 Å². The van der Waals surface area contributed by atoms with Crippen molar-refractivity contribution in [2.75, 3.05) is 23.3 Å². The highest BCUT2D eigenvalue weighted by Gasteiger charge is 2.43. The molecule has 1 aromatic carbocycles. The van der Waals surface area contributed by atoms with Gasteiger partial charge in [0.2, 0.25) is 5.95 Å². The first-order valence-corrected chi connectivity index (χ1v) is 11.2. The Balaban J connectivity index is 1.30. The molecular weight excluding hydrogens is 433 g/mol. The molecule has 2 aromatic heterocycles. The molecule has 0 radical (unpaired) electrons. The number of fused-ring (bicyclic) bond motifs is 2.